The van der Waals surface area contributed by atoms with Gasteiger partial charge < -0.3 is 15.0 Å². The molecule has 0 saturated carbocycles. The van der Waals surface area contributed by atoms with Crippen molar-refractivity contribution < 1.29 is 14.3 Å². The number of ether oxygens (including phenoxy) is 1. The molecule has 1 N–H and O–H groups in total. The van der Waals surface area contributed by atoms with E-state index in [0.29, 0.717) is 17.1 Å². The third kappa shape index (κ3) is 5.29. The molecule has 5 nitrogen and oxygen atoms in total. The van der Waals surface area contributed by atoms with E-state index >= 15 is 0 Å². The van der Waals surface area contributed by atoms with E-state index < -0.39 is 0 Å². The zero-order chi connectivity index (χ0) is 24.2. The SMILES string of the molecule is COC(=O)c1ccc([C@H](C)NC(=O)c2c(N(C)Cc3ccc(Cl)cc3)sc3c2CCCC3)cc1. The number of anilines is 1. The summed E-state index contributed by atoms with van der Waals surface area (Å²) in [5, 5.41) is 4.91. The van der Waals surface area contributed by atoms with E-state index in [1.807, 2.05) is 50.4 Å². The number of carbonyl (C=O) groups excluding carboxylic acids is 2. The van der Waals surface area contributed by atoms with Crippen molar-refractivity contribution in [2.24, 2.45) is 0 Å². The summed E-state index contributed by atoms with van der Waals surface area (Å²) in [6.45, 7) is 2.66. The number of esters is 1. The van der Waals surface area contributed by atoms with Gasteiger partial charge in [0.05, 0.1) is 24.3 Å². The number of amides is 1. The smallest absolute Gasteiger partial charge is 0.337 e. The van der Waals surface area contributed by atoms with Gasteiger partial charge in [-0.1, -0.05) is 35.9 Å². The number of nitrogens with one attached hydrogen (secondary N) is 1. The van der Waals surface area contributed by atoms with E-state index in [-0.39, 0.29) is 17.9 Å². The number of nitrogens with zero attached hydrogens (tertiary/aromatic N) is 1. The summed E-state index contributed by atoms with van der Waals surface area (Å²) >= 11 is 7.78. The minimum atomic E-state index is -0.374. The molecule has 34 heavy (non-hydrogen) atoms. The highest BCUT2D eigenvalue weighted by Gasteiger charge is 2.28. The molecule has 178 valence electrons. The molecule has 2 aromatic carbocycles. The molecule has 0 bridgehead atoms. The second kappa shape index (κ2) is 10.6. The number of hydrogen-bond donors (Lipinski definition) is 1. The highest BCUT2D eigenvalue weighted by atomic mass is 35.5. The molecular formula is C27H29ClN2O3S. The number of fused-ring (bicyclic) bond motifs is 1. The normalized spacial score (nSPS) is 13.6. The van der Waals surface area contributed by atoms with Crippen molar-refractivity contribution in [2.45, 2.75) is 45.2 Å². The second-order valence-electron chi connectivity index (χ2n) is 8.68. The summed E-state index contributed by atoms with van der Waals surface area (Å²) in [6, 6.07) is 14.8. The highest BCUT2D eigenvalue weighted by molar-refractivity contribution is 7.16. The molecule has 1 aromatic heterocycles. The first-order valence-corrected chi connectivity index (χ1v) is 12.7. The zero-order valence-corrected chi connectivity index (χ0v) is 21.3. The van der Waals surface area contributed by atoms with Crippen LogP contribution in [0.25, 0.3) is 0 Å². The van der Waals surface area contributed by atoms with Gasteiger partial charge in [0.15, 0.2) is 0 Å². The van der Waals surface area contributed by atoms with Crippen molar-refractivity contribution in [3.63, 3.8) is 0 Å². The molecule has 1 atom stereocenters. The first kappa shape index (κ1) is 24.3. The Balaban J connectivity index is 1.57. The van der Waals surface area contributed by atoms with Crippen molar-refractivity contribution in [2.75, 3.05) is 19.1 Å². The van der Waals surface area contributed by atoms with Crippen LogP contribution in [0, 0.1) is 0 Å². The number of thiophene rings is 1. The van der Waals surface area contributed by atoms with Crippen LogP contribution in [0.1, 0.15) is 68.1 Å². The topological polar surface area (TPSA) is 58.6 Å². The van der Waals surface area contributed by atoms with Crippen molar-refractivity contribution in [3.05, 3.63) is 86.2 Å². The lowest BCUT2D eigenvalue weighted by Gasteiger charge is -2.21. The second-order valence-corrected chi connectivity index (χ2v) is 10.2. The van der Waals surface area contributed by atoms with E-state index in [2.05, 4.69) is 10.2 Å². The van der Waals surface area contributed by atoms with Crippen molar-refractivity contribution in [1.29, 1.82) is 0 Å². The number of aryl methyl sites for hydroxylation is 1. The van der Waals surface area contributed by atoms with Gasteiger partial charge in [-0.15, -0.1) is 11.3 Å². The maximum atomic E-state index is 13.6. The van der Waals surface area contributed by atoms with Crippen molar-refractivity contribution in [3.8, 4) is 0 Å². The molecule has 0 fully saturated rings. The van der Waals surface area contributed by atoms with Crippen LogP contribution in [-0.4, -0.2) is 26.0 Å². The molecule has 1 amide bonds. The first-order valence-electron chi connectivity index (χ1n) is 11.5. The van der Waals surface area contributed by atoms with E-state index in [4.69, 9.17) is 16.3 Å². The van der Waals surface area contributed by atoms with Gasteiger partial charge in [-0.05, 0) is 73.6 Å². The lowest BCUT2D eigenvalue weighted by molar-refractivity contribution is 0.0600. The Morgan fingerprint density at radius 1 is 1.09 bits per heavy atom. The molecule has 4 rings (SSSR count). The predicted octanol–water partition coefficient (Wildman–Crippen LogP) is 6.19. The Morgan fingerprint density at radius 2 is 1.76 bits per heavy atom. The van der Waals surface area contributed by atoms with Crippen molar-refractivity contribution in [1.82, 2.24) is 5.32 Å². The third-order valence-electron chi connectivity index (χ3n) is 6.24. The summed E-state index contributed by atoms with van der Waals surface area (Å²) in [4.78, 5) is 28.8. The molecule has 1 aliphatic rings. The highest BCUT2D eigenvalue weighted by Crippen LogP contribution is 2.40. The zero-order valence-electron chi connectivity index (χ0n) is 19.7. The van der Waals surface area contributed by atoms with Gasteiger partial charge in [-0.25, -0.2) is 4.79 Å². The lowest BCUT2D eigenvalue weighted by atomic mass is 9.94. The maximum absolute atomic E-state index is 13.6. The van der Waals surface area contributed by atoms with Gasteiger partial charge in [-0.3, -0.25) is 4.79 Å². The molecule has 0 saturated heterocycles. The fourth-order valence-electron chi connectivity index (χ4n) is 4.37. The first-order chi connectivity index (χ1) is 16.4. The maximum Gasteiger partial charge on any atom is 0.337 e. The van der Waals surface area contributed by atoms with Crippen LogP contribution in [0.3, 0.4) is 0 Å². The standard InChI is InChI=1S/C27H29ClN2O3S/c1-17(19-10-12-20(13-11-19)27(32)33-3)29-25(31)24-22-6-4-5-7-23(22)34-26(24)30(2)16-18-8-14-21(28)15-9-18/h8-15,17H,4-7,16H2,1-3H3,(H,29,31)/t17-/m0/s1. The third-order valence-corrected chi connectivity index (χ3v) is 7.90. The number of hydrogen-bond acceptors (Lipinski definition) is 5. The quantitative estimate of drug-likeness (QED) is 0.396. The molecule has 1 heterocycles. The largest absolute Gasteiger partial charge is 0.465 e. The van der Waals surface area contributed by atoms with Gasteiger partial charge in [0.1, 0.15) is 5.00 Å². The Labute approximate surface area is 209 Å². The van der Waals surface area contributed by atoms with E-state index in [1.165, 1.54) is 17.6 Å². The van der Waals surface area contributed by atoms with Gasteiger partial charge in [-0.2, -0.15) is 0 Å². The summed E-state index contributed by atoms with van der Waals surface area (Å²) in [7, 11) is 3.40. The van der Waals surface area contributed by atoms with Gasteiger partial charge >= 0.3 is 5.97 Å². The van der Waals surface area contributed by atoms with E-state index in [9.17, 15) is 9.59 Å². The van der Waals surface area contributed by atoms with Crippen LogP contribution in [0.5, 0.6) is 0 Å². The molecule has 7 heteroatoms. The van der Waals surface area contributed by atoms with Gasteiger partial charge in [0.2, 0.25) is 0 Å². The summed E-state index contributed by atoms with van der Waals surface area (Å²) < 4.78 is 4.77. The predicted molar refractivity (Wildman–Crippen MR) is 138 cm³/mol. The number of carbonyl (C=O) groups is 2. The Kier molecular flexibility index (Phi) is 7.59. The minimum absolute atomic E-state index is 0.0538. The number of rotatable bonds is 7. The number of methoxy groups -OCH3 is 1. The summed E-state index contributed by atoms with van der Waals surface area (Å²) in [5.74, 6) is -0.427. The van der Waals surface area contributed by atoms with Crippen LogP contribution in [0.2, 0.25) is 5.02 Å². The monoisotopic (exact) mass is 496 g/mol. The number of benzene rings is 2. The van der Waals surface area contributed by atoms with E-state index in [1.54, 1.807) is 23.5 Å². The summed E-state index contributed by atoms with van der Waals surface area (Å²) in [5.41, 5.74) is 4.56. The summed E-state index contributed by atoms with van der Waals surface area (Å²) in [6.07, 6.45) is 4.23. The average molecular weight is 497 g/mol. The van der Waals surface area contributed by atoms with Crippen LogP contribution in [0.15, 0.2) is 48.5 Å². The minimum Gasteiger partial charge on any atom is -0.465 e. The van der Waals surface area contributed by atoms with Crippen molar-refractivity contribution >= 4 is 39.8 Å². The van der Waals surface area contributed by atoms with Gasteiger partial charge in [0, 0.05) is 23.5 Å². The number of halogens is 1. The van der Waals surface area contributed by atoms with Crippen LogP contribution >= 0.6 is 22.9 Å². The Bertz CT molecular complexity index is 1170. The molecule has 3 aromatic rings. The fraction of sp³-hybridized carbons (Fsp3) is 0.333. The fourth-order valence-corrected chi connectivity index (χ4v) is 5.84. The molecular weight excluding hydrogens is 468 g/mol. The molecule has 0 spiro atoms. The molecule has 0 radical (unpaired) electrons. The lowest BCUT2D eigenvalue weighted by Crippen LogP contribution is -2.29. The van der Waals surface area contributed by atoms with Crippen LogP contribution < -0.4 is 10.2 Å². The molecule has 0 aliphatic heterocycles. The molecule has 0 unspecified atom stereocenters. The van der Waals surface area contributed by atoms with Gasteiger partial charge in [0.25, 0.3) is 5.91 Å². The Morgan fingerprint density at radius 3 is 2.44 bits per heavy atom. The Hall–Kier alpha value is -2.83. The molecule has 1 aliphatic carbocycles. The van der Waals surface area contributed by atoms with Crippen LogP contribution in [-0.2, 0) is 24.1 Å². The average Bonchev–Trinajstić information content (AvgIpc) is 3.25. The van der Waals surface area contributed by atoms with Crippen LogP contribution in [0.4, 0.5) is 5.00 Å². The van der Waals surface area contributed by atoms with E-state index in [0.717, 1.165) is 47.4 Å².